The molecule has 0 N–H and O–H groups in total. The Morgan fingerprint density at radius 3 is 2.43 bits per heavy atom. The summed E-state index contributed by atoms with van der Waals surface area (Å²) in [5, 5.41) is 5.36. The molecule has 0 fully saturated rings. The van der Waals surface area contributed by atoms with Gasteiger partial charge in [-0.1, -0.05) is 29.3 Å². The molecule has 2 aromatic carbocycles. The van der Waals surface area contributed by atoms with E-state index in [2.05, 4.69) is 5.10 Å². The molecule has 3 rings (SSSR count). The summed E-state index contributed by atoms with van der Waals surface area (Å²) < 4.78 is 6.78. The number of ether oxygens (including phenoxy) is 1. The number of aldehydes is 1. The Labute approximate surface area is 143 Å². The van der Waals surface area contributed by atoms with Crippen LogP contribution in [-0.2, 0) is 0 Å². The number of nitrogens with zero attached hydrogens (tertiary/aromatic N) is 2. The Balaban J connectivity index is 2.06. The van der Waals surface area contributed by atoms with Gasteiger partial charge in [-0.15, -0.1) is 0 Å². The molecule has 6 heteroatoms. The van der Waals surface area contributed by atoms with Crippen LogP contribution in [0.1, 0.15) is 10.4 Å². The van der Waals surface area contributed by atoms with Crippen LogP contribution in [0, 0.1) is 0 Å². The van der Waals surface area contributed by atoms with E-state index in [4.69, 9.17) is 27.9 Å². The zero-order valence-corrected chi connectivity index (χ0v) is 13.7. The topological polar surface area (TPSA) is 44.1 Å². The molecule has 0 radical (unpaired) electrons. The lowest BCUT2D eigenvalue weighted by Gasteiger charge is -2.03. The van der Waals surface area contributed by atoms with Crippen molar-refractivity contribution in [3.05, 3.63) is 64.3 Å². The second kappa shape index (κ2) is 6.44. The highest BCUT2D eigenvalue weighted by Crippen LogP contribution is 2.29. The molecule has 0 spiro atoms. The highest BCUT2D eigenvalue weighted by Gasteiger charge is 2.13. The fourth-order valence-corrected chi connectivity index (χ4v) is 2.51. The van der Waals surface area contributed by atoms with Crippen LogP contribution < -0.4 is 4.74 Å². The van der Waals surface area contributed by atoms with Crippen LogP contribution in [-0.4, -0.2) is 23.2 Å². The molecule has 116 valence electrons. The summed E-state index contributed by atoms with van der Waals surface area (Å²) in [5.41, 5.74) is 2.57. The van der Waals surface area contributed by atoms with Crippen LogP contribution in [0.5, 0.6) is 5.75 Å². The van der Waals surface area contributed by atoms with Gasteiger partial charge in [-0.05, 0) is 36.4 Å². The monoisotopic (exact) mass is 346 g/mol. The van der Waals surface area contributed by atoms with Crippen molar-refractivity contribution in [2.75, 3.05) is 7.11 Å². The highest BCUT2D eigenvalue weighted by atomic mass is 35.5. The van der Waals surface area contributed by atoms with E-state index in [1.165, 1.54) is 0 Å². The van der Waals surface area contributed by atoms with Gasteiger partial charge < -0.3 is 4.74 Å². The van der Waals surface area contributed by atoms with Crippen molar-refractivity contribution in [2.24, 2.45) is 0 Å². The number of carbonyl (C=O) groups excluding carboxylic acids is 1. The summed E-state index contributed by atoms with van der Waals surface area (Å²) in [6, 6.07) is 12.5. The Kier molecular flexibility index (Phi) is 4.37. The molecule has 0 aliphatic rings. The normalized spacial score (nSPS) is 10.6. The summed E-state index contributed by atoms with van der Waals surface area (Å²) >= 11 is 12.0. The smallest absolute Gasteiger partial charge is 0.153 e. The van der Waals surface area contributed by atoms with Crippen LogP contribution in [0.3, 0.4) is 0 Å². The first kappa shape index (κ1) is 15.6. The average molecular weight is 347 g/mol. The van der Waals surface area contributed by atoms with Crippen LogP contribution >= 0.6 is 23.2 Å². The van der Waals surface area contributed by atoms with Crippen LogP contribution in [0.15, 0.2) is 48.7 Å². The van der Waals surface area contributed by atoms with Gasteiger partial charge in [0.15, 0.2) is 6.29 Å². The SMILES string of the molecule is COc1ccc(-n2cc(C=O)c(-c3ccc(Cl)c(Cl)c3)n2)cc1. The standard InChI is InChI=1S/C17H12Cl2N2O2/c1-23-14-5-3-13(4-6-14)21-9-12(10-22)17(20-21)11-2-7-15(18)16(19)8-11/h2-10H,1H3. The molecule has 4 nitrogen and oxygen atoms in total. The Morgan fingerprint density at radius 2 is 1.83 bits per heavy atom. The van der Waals surface area contributed by atoms with Gasteiger partial charge in [0.1, 0.15) is 11.4 Å². The zero-order chi connectivity index (χ0) is 16.4. The second-order valence-corrected chi connectivity index (χ2v) is 5.64. The van der Waals surface area contributed by atoms with Crippen molar-refractivity contribution in [2.45, 2.75) is 0 Å². The van der Waals surface area contributed by atoms with E-state index in [1.54, 1.807) is 36.2 Å². The van der Waals surface area contributed by atoms with Crippen molar-refractivity contribution in [1.82, 2.24) is 9.78 Å². The number of rotatable bonds is 4. The number of carbonyl (C=O) groups is 1. The molecular formula is C17H12Cl2N2O2. The maximum absolute atomic E-state index is 11.4. The maximum Gasteiger partial charge on any atom is 0.153 e. The van der Waals surface area contributed by atoms with E-state index in [0.29, 0.717) is 21.3 Å². The molecule has 0 saturated heterocycles. The third kappa shape index (κ3) is 3.09. The lowest BCUT2D eigenvalue weighted by atomic mass is 10.1. The molecule has 0 aliphatic carbocycles. The molecule has 1 aromatic heterocycles. The molecule has 23 heavy (non-hydrogen) atoms. The predicted octanol–water partition coefficient (Wildman–Crippen LogP) is 4.67. The summed E-state index contributed by atoms with van der Waals surface area (Å²) in [5.74, 6) is 0.751. The molecule has 0 aliphatic heterocycles. The minimum atomic E-state index is 0.417. The quantitative estimate of drug-likeness (QED) is 0.645. The van der Waals surface area contributed by atoms with Gasteiger partial charge in [-0.25, -0.2) is 4.68 Å². The van der Waals surface area contributed by atoms with Gasteiger partial charge in [-0.3, -0.25) is 4.79 Å². The number of hydrogen-bond acceptors (Lipinski definition) is 3. The maximum atomic E-state index is 11.4. The largest absolute Gasteiger partial charge is 0.497 e. The lowest BCUT2D eigenvalue weighted by Crippen LogP contribution is -1.95. The molecular weight excluding hydrogens is 335 g/mol. The van der Waals surface area contributed by atoms with Crippen molar-refractivity contribution < 1.29 is 9.53 Å². The van der Waals surface area contributed by atoms with Crippen LogP contribution in [0.25, 0.3) is 16.9 Å². The van der Waals surface area contributed by atoms with Crippen molar-refractivity contribution in [3.8, 4) is 22.7 Å². The first-order chi connectivity index (χ1) is 11.1. The van der Waals surface area contributed by atoms with E-state index >= 15 is 0 Å². The molecule has 0 bridgehead atoms. The Hall–Kier alpha value is -2.30. The second-order valence-electron chi connectivity index (χ2n) is 4.82. The number of halogens is 2. The number of benzene rings is 2. The van der Waals surface area contributed by atoms with E-state index in [0.717, 1.165) is 23.3 Å². The predicted molar refractivity (Wildman–Crippen MR) is 91.0 cm³/mol. The van der Waals surface area contributed by atoms with Gasteiger partial charge in [-0.2, -0.15) is 5.10 Å². The summed E-state index contributed by atoms with van der Waals surface area (Å²) in [6.07, 6.45) is 2.44. The molecule has 0 unspecified atom stereocenters. The highest BCUT2D eigenvalue weighted by molar-refractivity contribution is 6.42. The van der Waals surface area contributed by atoms with E-state index in [9.17, 15) is 4.79 Å². The summed E-state index contributed by atoms with van der Waals surface area (Å²) in [4.78, 5) is 11.4. The first-order valence-electron chi connectivity index (χ1n) is 6.77. The number of methoxy groups -OCH3 is 1. The van der Waals surface area contributed by atoms with Gasteiger partial charge in [0.05, 0.1) is 28.4 Å². The Morgan fingerprint density at radius 1 is 1.09 bits per heavy atom. The zero-order valence-electron chi connectivity index (χ0n) is 12.2. The van der Waals surface area contributed by atoms with E-state index in [-0.39, 0.29) is 0 Å². The van der Waals surface area contributed by atoms with Crippen molar-refractivity contribution in [1.29, 1.82) is 0 Å². The van der Waals surface area contributed by atoms with Gasteiger partial charge >= 0.3 is 0 Å². The van der Waals surface area contributed by atoms with Gasteiger partial charge in [0.2, 0.25) is 0 Å². The number of aromatic nitrogens is 2. The fraction of sp³-hybridized carbons (Fsp3) is 0.0588. The van der Waals surface area contributed by atoms with E-state index < -0.39 is 0 Å². The van der Waals surface area contributed by atoms with Crippen LogP contribution in [0.2, 0.25) is 10.0 Å². The average Bonchev–Trinajstić information content (AvgIpc) is 3.02. The minimum Gasteiger partial charge on any atom is -0.497 e. The fourth-order valence-electron chi connectivity index (χ4n) is 2.21. The molecule has 0 atom stereocenters. The first-order valence-corrected chi connectivity index (χ1v) is 7.52. The minimum absolute atomic E-state index is 0.417. The molecule has 0 saturated carbocycles. The van der Waals surface area contributed by atoms with Gasteiger partial charge in [0, 0.05) is 11.8 Å². The van der Waals surface area contributed by atoms with Crippen molar-refractivity contribution in [3.63, 3.8) is 0 Å². The summed E-state index contributed by atoms with van der Waals surface area (Å²) in [7, 11) is 1.61. The van der Waals surface area contributed by atoms with E-state index in [1.807, 2.05) is 24.3 Å². The number of hydrogen-bond donors (Lipinski definition) is 0. The van der Waals surface area contributed by atoms with Crippen LogP contribution in [0.4, 0.5) is 0 Å². The summed E-state index contributed by atoms with van der Waals surface area (Å²) in [6.45, 7) is 0. The molecule has 0 amide bonds. The van der Waals surface area contributed by atoms with Gasteiger partial charge in [0.25, 0.3) is 0 Å². The third-order valence-corrected chi connectivity index (χ3v) is 4.14. The Bertz CT molecular complexity index is 858. The lowest BCUT2D eigenvalue weighted by molar-refractivity contribution is 0.112. The third-order valence-electron chi connectivity index (χ3n) is 3.40. The molecule has 1 heterocycles. The van der Waals surface area contributed by atoms with Crippen molar-refractivity contribution >= 4 is 29.5 Å². The molecule has 3 aromatic rings.